The summed E-state index contributed by atoms with van der Waals surface area (Å²) >= 11 is 7.58. The standard InChI is InChI=1S/C20H23ClFN3O2S/c1-12(2)18(26)23-9-14-11-28-19(24-14)13-5-4-8-25(10-13)20(27)17-15(21)6-3-7-16(17)22/h3,6-7,11-13H,4-5,8-10H2,1-2H3,(H,23,26)/t13-/m1/s1. The van der Waals surface area contributed by atoms with Gasteiger partial charge in [-0.3, -0.25) is 9.59 Å². The Labute approximate surface area is 172 Å². The zero-order valence-electron chi connectivity index (χ0n) is 15.9. The van der Waals surface area contributed by atoms with Gasteiger partial charge in [-0.1, -0.05) is 31.5 Å². The van der Waals surface area contributed by atoms with E-state index < -0.39 is 5.82 Å². The van der Waals surface area contributed by atoms with Gasteiger partial charge in [-0.2, -0.15) is 0 Å². The van der Waals surface area contributed by atoms with Crippen LogP contribution in [0.5, 0.6) is 0 Å². The van der Waals surface area contributed by atoms with Crippen molar-refractivity contribution >= 4 is 34.8 Å². The van der Waals surface area contributed by atoms with Crippen molar-refractivity contribution in [3.05, 3.63) is 50.7 Å². The summed E-state index contributed by atoms with van der Waals surface area (Å²) in [7, 11) is 0. The van der Waals surface area contributed by atoms with E-state index in [9.17, 15) is 14.0 Å². The van der Waals surface area contributed by atoms with Crippen molar-refractivity contribution in [3.8, 4) is 0 Å². The molecular weight excluding hydrogens is 401 g/mol. The number of amides is 2. The summed E-state index contributed by atoms with van der Waals surface area (Å²) in [5.74, 6) is -0.958. The van der Waals surface area contributed by atoms with Crippen molar-refractivity contribution in [2.75, 3.05) is 13.1 Å². The number of nitrogens with one attached hydrogen (secondary N) is 1. The Balaban J connectivity index is 1.67. The van der Waals surface area contributed by atoms with E-state index in [0.717, 1.165) is 23.5 Å². The van der Waals surface area contributed by atoms with Gasteiger partial charge in [-0.15, -0.1) is 11.3 Å². The maximum atomic E-state index is 14.1. The van der Waals surface area contributed by atoms with Crippen LogP contribution in [-0.4, -0.2) is 34.8 Å². The van der Waals surface area contributed by atoms with Gasteiger partial charge < -0.3 is 10.2 Å². The molecule has 2 amide bonds. The molecule has 2 heterocycles. The summed E-state index contributed by atoms with van der Waals surface area (Å²) in [5.41, 5.74) is 0.746. The van der Waals surface area contributed by atoms with Crippen LogP contribution in [0, 0.1) is 11.7 Å². The average Bonchev–Trinajstić information content (AvgIpc) is 3.15. The Bertz CT molecular complexity index is 851. The van der Waals surface area contributed by atoms with Gasteiger partial charge >= 0.3 is 0 Å². The van der Waals surface area contributed by atoms with E-state index in [4.69, 9.17) is 11.6 Å². The second-order valence-corrected chi connectivity index (χ2v) is 8.53. The number of nitrogens with zero attached hydrogens (tertiary/aromatic N) is 2. The van der Waals surface area contributed by atoms with Gasteiger partial charge in [0, 0.05) is 30.3 Å². The van der Waals surface area contributed by atoms with Crippen molar-refractivity contribution in [3.63, 3.8) is 0 Å². The molecule has 5 nitrogen and oxygen atoms in total. The van der Waals surface area contributed by atoms with E-state index in [-0.39, 0.29) is 34.2 Å². The smallest absolute Gasteiger partial charge is 0.258 e. The maximum Gasteiger partial charge on any atom is 0.258 e. The molecule has 28 heavy (non-hydrogen) atoms. The highest BCUT2D eigenvalue weighted by molar-refractivity contribution is 7.09. The average molecular weight is 424 g/mol. The second kappa shape index (κ2) is 9.01. The van der Waals surface area contributed by atoms with E-state index in [1.54, 1.807) is 4.90 Å². The van der Waals surface area contributed by atoms with Gasteiger partial charge in [0.05, 0.1) is 27.8 Å². The van der Waals surface area contributed by atoms with Crippen LogP contribution in [-0.2, 0) is 11.3 Å². The summed E-state index contributed by atoms with van der Waals surface area (Å²) in [4.78, 5) is 30.8. The van der Waals surface area contributed by atoms with E-state index in [1.807, 2.05) is 19.2 Å². The van der Waals surface area contributed by atoms with Crippen molar-refractivity contribution in [1.82, 2.24) is 15.2 Å². The largest absolute Gasteiger partial charge is 0.350 e. The van der Waals surface area contributed by atoms with Crippen LogP contribution in [0.25, 0.3) is 0 Å². The van der Waals surface area contributed by atoms with Gasteiger partial charge in [-0.05, 0) is 25.0 Å². The number of hydrogen-bond donors (Lipinski definition) is 1. The highest BCUT2D eigenvalue weighted by Gasteiger charge is 2.29. The number of halogens is 2. The topological polar surface area (TPSA) is 62.3 Å². The number of rotatable bonds is 5. The van der Waals surface area contributed by atoms with Gasteiger partial charge in [0.2, 0.25) is 5.91 Å². The number of likely N-dealkylation sites (tertiary alicyclic amines) is 1. The van der Waals surface area contributed by atoms with Crippen LogP contribution in [0.1, 0.15) is 53.7 Å². The molecule has 1 aromatic heterocycles. The molecule has 1 aliphatic heterocycles. The first kappa shape index (κ1) is 20.7. The molecule has 150 valence electrons. The fraction of sp³-hybridized carbons (Fsp3) is 0.450. The molecule has 3 rings (SSSR count). The monoisotopic (exact) mass is 423 g/mol. The number of carbonyl (C=O) groups is 2. The van der Waals surface area contributed by atoms with Gasteiger partial charge in [-0.25, -0.2) is 9.37 Å². The molecule has 0 spiro atoms. The number of hydrogen-bond acceptors (Lipinski definition) is 4. The minimum atomic E-state index is -0.600. The molecule has 1 aliphatic rings. The third-order valence-corrected chi connectivity index (χ3v) is 6.14. The molecule has 8 heteroatoms. The SMILES string of the molecule is CC(C)C(=O)NCc1csc([C@@H]2CCCN(C(=O)c3c(F)cccc3Cl)C2)n1. The Morgan fingerprint density at radius 3 is 2.93 bits per heavy atom. The van der Waals surface area contributed by atoms with Crippen LogP contribution in [0.3, 0.4) is 0 Å². The number of piperidine rings is 1. The molecule has 1 saturated heterocycles. The van der Waals surface area contributed by atoms with Crippen molar-refractivity contribution in [2.45, 2.75) is 39.2 Å². The third-order valence-electron chi connectivity index (χ3n) is 4.77. The second-order valence-electron chi connectivity index (χ2n) is 7.24. The highest BCUT2D eigenvalue weighted by atomic mass is 35.5. The first-order valence-corrected chi connectivity index (χ1v) is 10.6. The molecule has 2 aromatic rings. The Kier molecular flexibility index (Phi) is 6.67. The van der Waals surface area contributed by atoms with E-state index in [1.165, 1.54) is 29.5 Å². The predicted molar refractivity (Wildman–Crippen MR) is 108 cm³/mol. The lowest BCUT2D eigenvalue weighted by Gasteiger charge is -2.32. The number of thiazole rings is 1. The van der Waals surface area contributed by atoms with E-state index >= 15 is 0 Å². The molecular formula is C20H23ClFN3O2S. The zero-order chi connectivity index (χ0) is 20.3. The minimum absolute atomic E-state index is 0.00856. The summed E-state index contributed by atoms with van der Waals surface area (Å²) in [5, 5.41) is 5.86. The molecule has 0 bridgehead atoms. The van der Waals surface area contributed by atoms with E-state index in [0.29, 0.717) is 19.6 Å². The van der Waals surface area contributed by atoms with Crippen LogP contribution in [0.15, 0.2) is 23.6 Å². The molecule has 1 N–H and O–H groups in total. The summed E-state index contributed by atoms with van der Waals surface area (Å²) in [6.07, 6.45) is 1.74. The number of carbonyl (C=O) groups excluding carboxylic acids is 2. The van der Waals surface area contributed by atoms with Gasteiger partial charge in [0.1, 0.15) is 5.82 Å². The molecule has 0 radical (unpaired) electrons. The Morgan fingerprint density at radius 1 is 1.43 bits per heavy atom. The van der Waals surface area contributed by atoms with Crippen molar-refractivity contribution < 1.29 is 14.0 Å². The normalized spacial score (nSPS) is 17.0. The lowest BCUT2D eigenvalue weighted by atomic mass is 9.98. The van der Waals surface area contributed by atoms with Crippen LogP contribution in [0.4, 0.5) is 4.39 Å². The number of benzene rings is 1. The Morgan fingerprint density at radius 2 is 2.21 bits per heavy atom. The molecule has 1 fully saturated rings. The minimum Gasteiger partial charge on any atom is -0.350 e. The highest BCUT2D eigenvalue weighted by Crippen LogP contribution is 2.31. The summed E-state index contributed by atoms with van der Waals surface area (Å²) in [6.45, 7) is 5.14. The lowest BCUT2D eigenvalue weighted by molar-refractivity contribution is -0.124. The third kappa shape index (κ3) is 4.70. The maximum absolute atomic E-state index is 14.1. The predicted octanol–water partition coefficient (Wildman–Crippen LogP) is 4.23. The van der Waals surface area contributed by atoms with Crippen LogP contribution >= 0.6 is 22.9 Å². The zero-order valence-corrected chi connectivity index (χ0v) is 17.4. The fourth-order valence-electron chi connectivity index (χ4n) is 3.20. The van der Waals surface area contributed by atoms with Crippen LogP contribution in [0.2, 0.25) is 5.02 Å². The molecule has 0 saturated carbocycles. The summed E-state index contributed by atoms with van der Waals surface area (Å²) in [6, 6.07) is 4.26. The van der Waals surface area contributed by atoms with Gasteiger partial charge in [0.15, 0.2) is 0 Å². The molecule has 1 atom stereocenters. The van der Waals surface area contributed by atoms with Gasteiger partial charge in [0.25, 0.3) is 5.91 Å². The quantitative estimate of drug-likeness (QED) is 0.782. The fourth-order valence-corrected chi connectivity index (χ4v) is 4.39. The molecule has 0 unspecified atom stereocenters. The molecule has 0 aliphatic carbocycles. The lowest BCUT2D eigenvalue weighted by Crippen LogP contribution is -2.39. The Hall–Kier alpha value is -1.99. The van der Waals surface area contributed by atoms with Crippen molar-refractivity contribution in [1.29, 1.82) is 0 Å². The first-order chi connectivity index (χ1) is 13.4. The van der Waals surface area contributed by atoms with Crippen molar-refractivity contribution in [2.24, 2.45) is 5.92 Å². The summed E-state index contributed by atoms with van der Waals surface area (Å²) < 4.78 is 14.1. The number of aromatic nitrogens is 1. The first-order valence-electron chi connectivity index (χ1n) is 9.32. The van der Waals surface area contributed by atoms with Crippen LogP contribution < -0.4 is 5.32 Å². The van der Waals surface area contributed by atoms with E-state index in [2.05, 4.69) is 10.3 Å². The molecule has 1 aromatic carbocycles.